The van der Waals surface area contributed by atoms with Crippen LogP contribution in [0.4, 0.5) is 0 Å². The van der Waals surface area contributed by atoms with E-state index < -0.39 is 0 Å². The second-order valence-corrected chi connectivity index (χ2v) is 6.01. The minimum Gasteiger partial charge on any atom is -0.493 e. The smallest absolute Gasteiger partial charge is 0.198 e. The standard InChI is InChI=1S/C21H22O4/c1-4-13(5-2)25-17-12-11-16(24-6-3)18-19(17)21(23)15-10-8-7-9-14(15)20(18)22/h7-13H,4-6H2,1-3H3. The monoisotopic (exact) mass is 338 g/mol. The van der Waals surface area contributed by atoms with Crippen LogP contribution >= 0.6 is 0 Å². The van der Waals surface area contributed by atoms with E-state index in [2.05, 4.69) is 0 Å². The van der Waals surface area contributed by atoms with Crippen LogP contribution in [0.25, 0.3) is 0 Å². The van der Waals surface area contributed by atoms with Crippen molar-refractivity contribution < 1.29 is 19.1 Å². The average Bonchev–Trinajstić information content (AvgIpc) is 2.65. The maximum atomic E-state index is 13.1. The van der Waals surface area contributed by atoms with Crippen LogP contribution in [0.1, 0.15) is 65.5 Å². The molecule has 0 fully saturated rings. The van der Waals surface area contributed by atoms with Crippen molar-refractivity contribution in [1.29, 1.82) is 0 Å². The zero-order chi connectivity index (χ0) is 18.0. The predicted molar refractivity (Wildman–Crippen MR) is 95.9 cm³/mol. The van der Waals surface area contributed by atoms with E-state index in [4.69, 9.17) is 9.47 Å². The molecule has 3 rings (SSSR count). The molecule has 0 spiro atoms. The first kappa shape index (κ1) is 17.2. The normalized spacial score (nSPS) is 12.8. The van der Waals surface area contributed by atoms with Crippen LogP contribution in [-0.4, -0.2) is 24.3 Å². The van der Waals surface area contributed by atoms with Gasteiger partial charge < -0.3 is 9.47 Å². The summed E-state index contributed by atoms with van der Waals surface area (Å²) in [6.45, 7) is 6.35. The highest BCUT2D eigenvalue weighted by atomic mass is 16.5. The summed E-state index contributed by atoms with van der Waals surface area (Å²) in [4.78, 5) is 26.1. The molecule has 0 aliphatic heterocycles. The first-order chi connectivity index (χ1) is 12.1. The molecule has 0 heterocycles. The number of rotatable bonds is 6. The Bertz CT molecular complexity index is 819. The van der Waals surface area contributed by atoms with Gasteiger partial charge in [-0.05, 0) is 31.9 Å². The van der Waals surface area contributed by atoms with Gasteiger partial charge in [-0.2, -0.15) is 0 Å². The number of ketones is 2. The van der Waals surface area contributed by atoms with Crippen molar-refractivity contribution in [3.63, 3.8) is 0 Å². The summed E-state index contributed by atoms with van der Waals surface area (Å²) >= 11 is 0. The third-order valence-electron chi connectivity index (χ3n) is 4.50. The lowest BCUT2D eigenvalue weighted by atomic mass is 9.83. The van der Waals surface area contributed by atoms with Gasteiger partial charge in [0.2, 0.25) is 0 Å². The second-order valence-electron chi connectivity index (χ2n) is 6.01. The maximum absolute atomic E-state index is 13.1. The number of carbonyl (C=O) groups excluding carboxylic acids is 2. The molecule has 2 aromatic rings. The number of benzene rings is 2. The molecule has 4 heteroatoms. The molecule has 0 saturated heterocycles. The summed E-state index contributed by atoms with van der Waals surface area (Å²) in [6.07, 6.45) is 1.66. The average molecular weight is 338 g/mol. The van der Waals surface area contributed by atoms with Crippen molar-refractivity contribution in [3.05, 3.63) is 58.7 Å². The number of fused-ring (bicyclic) bond motifs is 2. The number of ether oxygens (including phenoxy) is 2. The van der Waals surface area contributed by atoms with E-state index >= 15 is 0 Å². The van der Waals surface area contributed by atoms with E-state index in [1.807, 2.05) is 20.8 Å². The lowest BCUT2D eigenvalue weighted by molar-refractivity contribution is 0.0968. The molecule has 25 heavy (non-hydrogen) atoms. The Kier molecular flexibility index (Phi) is 4.88. The van der Waals surface area contributed by atoms with Crippen LogP contribution in [0.3, 0.4) is 0 Å². The van der Waals surface area contributed by atoms with Gasteiger partial charge in [-0.15, -0.1) is 0 Å². The minimum absolute atomic E-state index is 0.00196. The molecule has 130 valence electrons. The van der Waals surface area contributed by atoms with Gasteiger partial charge in [0.15, 0.2) is 11.6 Å². The maximum Gasteiger partial charge on any atom is 0.198 e. The SMILES string of the molecule is CCOc1ccc(OC(CC)CC)c2c1C(=O)c1ccccc1C2=O. The molecule has 1 aliphatic carbocycles. The Morgan fingerprint density at radius 1 is 0.800 bits per heavy atom. The topological polar surface area (TPSA) is 52.6 Å². The number of carbonyl (C=O) groups is 2. The predicted octanol–water partition coefficient (Wildman–Crippen LogP) is 4.43. The molecule has 0 atom stereocenters. The van der Waals surface area contributed by atoms with Crippen molar-refractivity contribution in [1.82, 2.24) is 0 Å². The Labute approximate surface area is 147 Å². The molecule has 2 aromatic carbocycles. The third-order valence-corrected chi connectivity index (χ3v) is 4.50. The summed E-state index contributed by atoms with van der Waals surface area (Å²) in [5, 5.41) is 0. The van der Waals surface area contributed by atoms with Gasteiger partial charge >= 0.3 is 0 Å². The van der Waals surface area contributed by atoms with Gasteiger partial charge in [-0.3, -0.25) is 9.59 Å². The molecule has 0 unspecified atom stereocenters. The van der Waals surface area contributed by atoms with Crippen molar-refractivity contribution in [2.75, 3.05) is 6.61 Å². The van der Waals surface area contributed by atoms with Gasteiger partial charge in [0, 0.05) is 11.1 Å². The van der Waals surface area contributed by atoms with Crippen LogP contribution in [0.2, 0.25) is 0 Å². The zero-order valence-corrected chi connectivity index (χ0v) is 14.8. The molecule has 0 N–H and O–H groups in total. The van der Waals surface area contributed by atoms with E-state index in [1.54, 1.807) is 36.4 Å². The van der Waals surface area contributed by atoms with Gasteiger partial charge in [-0.1, -0.05) is 38.1 Å². The fourth-order valence-electron chi connectivity index (χ4n) is 3.17. The number of hydrogen-bond acceptors (Lipinski definition) is 4. The second kappa shape index (κ2) is 7.09. The van der Waals surface area contributed by atoms with Crippen LogP contribution in [-0.2, 0) is 0 Å². The first-order valence-electron chi connectivity index (χ1n) is 8.77. The Hall–Kier alpha value is -2.62. The van der Waals surface area contributed by atoms with E-state index in [-0.39, 0.29) is 17.7 Å². The fourth-order valence-corrected chi connectivity index (χ4v) is 3.17. The molecule has 4 nitrogen and oxygen atoms in total. The highest BCUT2D eigenvalue weighted by molar-refractivity contribution is 6.30. The van der Waals surface area contributed by atoms with Crippen LogP contribution < -0.4 is 9.47 Å². The summed E-state index contributed by atoms with van der Waals surface area (Å²) in [6, 6.07) is 10.4. The summed E-state index contributed by atoms with van der Waals surface area (Å²) < 4.78 is 11.7. The molecular formula is C21H22O4. The summed E-state index contributed by atoms with van der Waals surface area (Å²) in [5.41, 5.74) is 1.47. The Morgan fingerprint density at radius 2 is 1.32 bits per heavy atom. The van der Waals surface area contributed by atoms with Gasteiger partial charge in [0.05, 0.1) is 23.8 Å². The molecule has 0 radical (unpaired) electrons. The third kappa shape index (κ3) is 2.93. The van der Waals surface area contributed by atoms with E-state index in [0.717, 1.165) is 12.8 Å². The van der Waals surface area contributed by atoms with E-state index in [0.29, 0.717) is 40.4 Å². The van der Waals surface area contributed by atoms with Gasteiger partial charge in [-0.25, -0.2) is 0 Å². The molecule has 1 aliphatic rings. The van der Waals surface area contributed by atoms with Gasteiger partial charge in [0.1, 0.15) is 11.5 Å². The summed E-state index contributed by atoms with van der Waals surface area (Å²) in [5.74, 6) is 0.513. The molecule has 0 aromatic heterocycles. The van der Waals surface area contributed by atoms with Crippen LogP contribution in [0, 0.1) is 0 Å². The molecule has 0 bridgehead atoms. The van der Waals surface area contributed by atoms with Crippen molar-refractivity contribution >= 4 is 11.6 Å². The minimum atomic E-state index is -0.191. The van der Waals surface area contributed by atoms with Gasteiger partial charge in [0.25, 0.3) is 0 Å². The van der Waals surface area contributed by atoms with Crippen molar-refractivity contribution in [2.45, 2.75) is 39.7 Å². The number of hydrogen-bond donors (Lipinski definition) is 0. The summed E-state index contributed by atoms with van der Waals surface area (Å²) in [7, 11) is 0. The zero-order valence-electron chi connectivity index (χ0n) is 14.8. The first-order valence-corrected chi connectivity index (χ1v) is 8.77. The van der Waals surface area contributed by atoms with Crippen LogP contribution in [0.15, 0.2) is 36.4 Å². The Morgan fingerprint density at radius 3 is 1.84 bits per heavy atom. The largest absolute Gasteiger partial charge is 0.493 e. The lowest BCUT2D eigenvalue weighted by Crippen LogP contribution is -2.24. The fraction of sp³-hybridized carbons (Fsp3) is 0.333. The molecular weight excluding hydrogens is 316 g/mol. The highest BCUT2D eigenvalue weighted by Crippen LogP contribution is 2.39. The van der Waals surface area contributed by atoms with Crippen molar-refractivity contribution in [2.24, 2.45) is 0 Å². The van der Waals surface area contributed by atoms with E-state index in [1.165, 1.54) is 0 Å². The Balaban J connectivity index is 2.20. The van der Waals surface area contributed by atoms with Crippen molar-refractivity contribution in [3.8, 4) is 11.5 Å². The molecule has 0 amide bonds. The lowest BCUT2D eigenvalue weighted by Gasteiger charge is -2.24. The highest BCUT2D eigenvalue weighted by Gasteiger charge is 2.35. The quantitative estimate of drug-likeness (QED) is 0.667. The van der Waals surface area contributed by atoms with Crippen LogP contribution in [0.5, 0.6) is 11.5 Å². The van der Waals surface area contributed by atoms with E-state index in [9.17, 15) is 9.59 Å². The molecule has 0 saturated carbocycles.